The van der Waals surface area contributed by atoms with Crippen molar-refractivity contribution >= 4 is 11.6 Å². The van der Waals surface area contributed by atoms with Crippen molar-refractivity contribution in [3.63, 3.8) is 0 Å². The molecule has 0 saturated carbocycles. The molecule has 1 aromatic carbocycles. The lowest BCUT2D eigenvalue weighted by molar-refractivity contribution is 0.235. The summed E-state index contributed by atoms with van der Waals surface area (Å²) in [5.74, 6) is 1.13. The fraction of sp³-hybridized carbons (Fsp3) is 0.533. The van der Waals surface area contributed by atoms with Gasteiger partial charge in [0, 0.05) is 29.2 Å². The molecule has 110 valence electrons. The summed E-state index contributed by atoms with van der Waals surface area (Å²) in [5.41, 5.74) is 0.886. The van der Waals surface area contributed by atoms with Gasteiger partial charge in [-0.15, -0.1) is 0 Å². The highest BCUT2D eigenvalue weighted by molar-refractivity contribution is 6.30. The van der Waals surface area contributed by atoms with Gasteiger partial charge in [-0.25, -0.2) is 0 Å². The third kappa shape index (κ3) is 4.59. The van der Waals surface area contributed by atoms with E-state index in [0.717, 1.165) is 5.56 Å². The number of halogens is 1. The van der Waals surface area contributed by atoms with Crippen LogP contribution < -0.4 is 14.8 Å². The molecule has 20 heavy (non-hydrogen) atoms. The molecule has 0 bridgehead atoms. The number of hydrogen-bond acceptors (Lipinski definition) is 4. The fourth-order valence-electron chi connectivity index (χ4n) is 1.70. The maximum atomic E-state index is 9.06. The largest absolute Gasteiger partial charge is 0.493 e. The molecule has 1 aromatic rings. The average molecular weight is 297 g/mol. The molecule has 0 heterocycles. The molecule has 0 aliphatic rings. The van der Waals surface area contributed by atoms with Crippen LogP contribution in [0.5, 0.6) is 11.5 Å². The first-order valence-corrected chi connectivity index (χ1v) is 7.05. The van der Waals surface area contributed by atoms with Gasteiger partial charge in [0.2, 0.25) is 0 Å². The van der Waals surface area contributed by atoms with Gasteiger partial charge in [0.15, 0.2) is 17.6 Å². The highest BCUT2D eigenvalue weighted by Gasteiger charge is 2.17. The number of rotatable bonds is 7. The zero-order valence-electron chi connectivity index (χ0n) is 12.4. The smallest absolute Gasteiger partial charge is 0.184 e. The SMILES string of the molecule is CCC(C#N)Oc1c(CNC(C)C)cc(Cl)cc1OC. The van der Waals surface area contributed by atoms with E-state index in [4.69, 9.17) is 26.3 Å². The van der Waals surface area contributed by atoms with Crippen molar-refractivity contribution in [2.24, 2.45) is 0 Å². The van der Waals surface area contributed by atoms with Gasteiger partial charge < -0.3 is 14.8 Å². The lowest BCUT2D eigenvalue weighted by Gasteiger charge is -2.19. The van der Waals surface area contributed by atoms with Crippen LogP contribution in [0, 0.1) is 11.3 Å². The zero-order chi connectivity index (χ0) is 15.1. The van der Waals surface area contributed by atoms with Crippen LogP contribution in [0.4, 0.5) is 0 Å². The monoisotopic (exact) mass is 296 g/mol. The Kier molecular flexibility index (Phi) is 6.63. The van der Waals surface area contributed by atoms with Crippen LogP contribution in [0.25, 0.3) is 0 Å². The van der Waals surface area contributed by atoms with Crippen LogP contribution in [0.3, 0.4) is 0 Å². The van der Waals surface area contributed by atoms with E-state index in [1.807, 2.05) is 13.0 Å². The van der Waals surface area contributed by atoms with Gasteiger partial charge in [0.05, 0.1) is 7.11 Å². The van der Waals surface area contributed by atoms with E-state index in [0.29, 0.717) is 35.5 Å². The number of hydrogen-bond donors (Lipinski definition) is 1. The van der Waals surface area contributed by atoms with Gasteiger partial charge in [-0.2, -0.15) is 5.26 Å². The van der Waals surface area contributed by atoms with Crippen molar-refractivity contribution in [3.05, 3.63) is 22.7 Å². The summed E-state index contributed by atoms with van der Waals surface area (Å²) in [7, 11) is 1.56. The molecule has 4 nitrogen and oxygen atoms in total. The van der Waals surface area contributed by atoms with Gasteiger partial charge in [0.1, 0.15) is 6.07 Å². The first-order chi connectivity index (χ1) is 9.51. The summed E-state index contributed by atoms with van der Waals surface area (Å²) in [5, 5.41) is 13.0. The number of nitrogens with one attached hydrogen (secondary N) is 1. The van der Waals surface area contributed by atoms with Crippen molar-refractivity contribution in [1.29, 1.82) is 5.26 Å². The molecule has 0 fully saturated rings. The molecule has 1 N–H and O–H groups in total. The zero-order valence-corrected chi connectivity index (χ0v) is 13.1. The molecule has 0 amide bonds. The van der Waals surface area contributed by atoms with Gasteiger partial charge in [-0.05, 0) is 12.5 Å². The number of benzene rings is 1. The standard InChI is InChI=1S/C15H21ClN2O2/c1-5-13(8-17)20-15-11(9-18-10(2)3)6-12(16)7-14(15)19-4/h6-7,10,13,18H,5,9H2,1-4H3. The van der Waals surface area contributed by atoms with Crippen LogP contribution in [-0.2, 0) is 6.54 Å². The normalized spacial score (nSPS) is 12.1. The van der Waals surface area contributed by atoms with Crippen molar-refractivity contribution in [2.75, 3.05) is 7.11 Å². The second-order valence-electron chi connectivity index (χ2n) is 4.78. The molecule has 0 aliphatic heterocycles. The summed E-state index contributed by atoms with van der Waals surface area (Å²) in [6.07, 6.45) is 0.113. The maximum Gasteiger partial charge on any atom is 0.184 e. The summed E-state index contributed by atoms with van der Waals surface area (Å²) in [6, 6.07) is 5.99. The van der Waals surface area contributed by atoms with E-state index in [2.05, 4.69) is 25.2 Å². The Balaban J connectivity index is 3.11. The first kappa shape index (κ1) is 16.6. The average Bonchev–Trinajstić information content (AvgIpc) is 2.43. The van der Waals surface area contributed by atoms with Crippen molar-refractivity contribution < 1.29 is 9.47 Å². The van der Waals surface area contributed by atoms with Gasteiger partial charge >= 0.3 is 0 Å². The number of ether oxygens (including phenoxy) is 2. The second-order valence-corrected chi connectivity index (χ2v) is 5.21. The van der Waals surface area contributed by atoms with Crippen molar-refractivity contribution in [1.82, 2.24) is 5.32 Å². The molecule has 0 radical (unpaired) electrons. The van der Waals surface area contributed by atoms with Crippen LogP contribution in [0.2, 0.25) is 5.02 Å². The minimum atomic E-state index is -0.497. The minimum absolute atomic E-state index is 0.339. The van der Waals surface area contributed by atoms with Crippen LogP contribution in [-0.4, -0.2) is 19.3 Å². The van der Waals surface area contributed by atoms with E-state index >= 15 is 0 Å². The third-order valence-corrected chi connectivity index (χ3v) is 3.01. The number of nitrogens with zero attached hydrogens (tertiary/aromatic N) is 1. The Bertz CT molecular complexity index is 483. The summed E-state index contributed by atoms with van der Waals surface area (Å²) in [6.45, 7) is 6.63. The molecule has 5 heteroatoms. The Morgan fingerprint density at radius 3 is 2.60 bits per heavy atom. The maximum absolute atomic E-state index is 9.06. The Morgan fingerprint density at radius 1 is 1.40 bits per heavy atom. The molecule has 0 spiro atoms. The molecular weight excluding hydrogens is 276 g/mol. The van der Waals surface area contributed by atoms with Crippen LogP contribution in [0.15, 0.2) is 12.1 Å². The highest BCUT2D eigenvalue weighted by Crippen LogP contribution is 2.35. The summed E-state index contributed by atoms with van der Waals surface area (Å²) < 4.78 is 11.1. The lowest BCUT2D eigenvalue weighted by Crippen LogP contribution is -2.23. The molecule has 0 aliphatic carbocycles. The van der Waals surface area contributed by atoms with Crippen LogP contribution in [0.1, 0.15) is 32.8 Å². The van der Waals surface area contributed by atoms with Crippen LogP contribution >= 0.6 is 11.6 Å². The van der Waals surface area contributed by atoms with Crippen molar-refractivity contribution in [2.45, 2.75) is 45.9 Å². The van der Waals surface area contributed by atoms with E-state index in [1.54, 1.807) is 13.2 Å². The van der Waals surface area contributed by atoms with Gasteiger partial charge in [0.25, 0.3) is 0 Å². The predicted molar refractivity (Wildman–Crippen MR) is 80.3 cm³/mol. The summed E-state index contributed by atoms with van der Waals surface area (Å²) in [4.78, 5) is 0. The molecular formula is C15H21ClN2O2. The van der Waals surface area contributed by atoms with Gasteiger partial charge in [-0.3, -0.25) is 0 Å². The van der Waals surface area contributed by atoms with Gasteiger partial charge in [-0.1, -0.05) is 32.4 Å². The number of methoxy groups -OCH3 is 1. The molecule has 1 rings (SSSR count). The molecule has 1 atom stereocenters. The van der Waals surface area contributed by atoms with E-state index in [-0.39, 0.29) is 0 Å². The van der Waals surface area contributed by atoms with Crippen molar-refractivity contribution in [3.8, 4) is 17.6 Å². The van der Waals surface area contributed by atoms with E-state index < -0.39 is 6.10 Å². The minimum Gasteiger partial charge on any atom is -0.493 e. The second kappa shape index (κ2) is 7.98. The topological polar surface area (TPSA) is 54.3 Å². The highest BCUT2D eigenvalue weighted by atomic mass is 35.5. The quantitative estimate of drug-likeness (QED) is 0.836. The fourth-order valence-corrected chi connectivity index (χ4v) is 1.93. The Labute approximate surface area is 125 Å². The predicted octanol–water partition coefficient (Wildman–Crippen LogP) is 3.53. The molecule has 1 unspecified atom stereocenters. The lowest BCUT2D eigenvalue weighted by atomic mass is 10.1. The first-order valence-electron chi connectivity index (χ1n) is 6.67. The van der Waals surface area contributed by atoms with E-state index in [9.17, 15) is 0 Å². The third-order valence-electron chi connectivity index (χ3n) is 2.79. The van der Waals surface area contributed by atoms with E-state index in [1.165, 1.54) is 0 Å². The summed E-state index contributed by atoms with van der Waals surface area (Å²) >= 11 is 6.09. The molecule has 0 aromatic heterocycles. The Hall–Kier alpha value is -1.44. The number of nitriles is 1. The Morgan fingerprint density at radius 2 is 2.10 bits per heavy atom. The molecule has 0 saturated heterocycles.